The first-order valence-corrected chi connectivity index (χ1v) is 15.8. The van der Waals surface area contributed by atoms with Crippen molar-refractivity contribution in [3.8, 4) is 0 Å². The van der Waals surface area contributed by atoms with E-state index in [1.165, 1.54) is 6.92 Å². The first-order valence-electron chi connectivity index (χ1n) is 15.8. The SMILES string of the molecule is CNC1CCN(C(=O)[C@@H](NC(=O)C(Cc2ccccc2)CC(O)C(Cc2ccccc2)NC(=O)OC(C)C(N)=O)C(C)C)CC1. The molecule has 0 saturated carbocycles. The van der Waals surface area contributed by atoms with E-state index in [1.54, 1.807) is 0 Å². The van der Waals surface area contributed by atoms with Crippen LogP contribution in [0.1, 0.15) is 51.2 Å². The largest absolute Gasteiger partial charge is 0.436 e. The zero-order valence-electron chi connectivity index (χ0n) is 26.8. The Morgan fingerprint density at radius 3 is 1.98 bits per heavy atom. The molecular weight excluding hydrogens is 574 g/mol. The van der Waals surface area contributed by atoms with Crippen LogP contribution in [0.5, 0.6) is 0 Å². The molecule has 1 fully saturated rings. The highest BCUT2D eigenvalue weighted by atomic mass is 16.6. The van der Waals surface area contributed by atoms with Gasteiger partial charge in [-0.3, -0.25) is 14.4 Å². The topological polar surface area (TPSA) is 163 Å². The quantitative estimate of drug-likeness (QED) is 0.203. The number of hydrogen-bond donors (Lipinski definition) is 5. The normalized spacial score (nSPS) is 17.1. The maximum Gasteiger partial charge on any atom is 0.408 e. The number of aliphatic hydroxyl groups is 1. The van der Waals surface area contributed by atoms with Crippen LogP contribution in [0.2, 0.25) is 0 Å². The summed E-state index contributed by atoms with van der Waals surface area (Å²) in [6.07, 6.45) is -0.982. The molecule has 3 rings (SSSR count). The van der Waals surface area contributed by atoms with Gasteiger partial charge in [0.25, 0.3) is 5.91 Å². The second kappa shape index (κ2) is 17.5. The number of amides is 4. The Labute approximate surface area is 266 Å². The Kier molecular flexibility index (Phi) is 13.8. The van der Waals surface area contributed by atoms with E-state index in [-0.39, 0.29) is 30.6 Å². The first kappa shape index (κ1) is 35.5. The fourth-order valence-electron chi connectivity index (χ4n) is 5.56. The number of alkyl carbamates (subject to hydrolysis) is 1. The zero-order valence-corrected chi connectivity index (χ0v) is 26.8. The minimum absolute atomic E-state index is 0.00352. The summed E-state index contributed by atoms with van der Waals surface area (Å²) in [6.45, 7) is 6.41. The summed E-state index contributed by atoms with van der Waals surface area (Å²) in [5, 5.41) is 20.5. The summed E-state index contributed by atoms with van der Waals surface area (Å²) < 4.78 is 5.09. The Morgan fingerprint density at radius 1 is 0.911 bits per heavy atom. The standard InChI is InChI=1S/C34H49N5O6/c1-22(2)30(33(43)39-17-15-27(36-4)16-18-39)38-32(42)26(19-24-11-7-5-8-12-24)21-29(40)28(20-25-13-9-6-10-14-25)37-34(44)45-23(3)31(35)41/h5-14,22-23,26-30,36,40H,15-21H2,1-4H3,(H2,35,41)(H,37,44)(H,38,42)/t23?,26?,28?,29?,30-/m0/s1. The van der Waals surface area contributed by atoms with E-state index in [4.69, 9.17) is 10.5 Å². The van der Waals surface area contributed by atoms with E-state index in [2.05, 4.69) is 16.0 Å². The minimum Gasteiger partial charge on any atom is -0.436 e. The van der Waals surface area contributed by atoms with E-state index >= 15 is 0 Å². The lowest BCUT2D eigenvalue weighted by molar-refractivity contribution is -0.139. The van der Waals surface area contributed by atoms with Gasteiger partial charge in [0.1, 0.15) is 6.04 Å². The van der Waals surface area contributed by atoms with Crippen LogP contribution in [-0.4, -0.2) is 84.3 Å². The van der Waals surface area contributed by atoms with Crippen molar-refractivity contribution in [1.29, 1.82) is 0 Å². The molecule has 0 radical (unpaired) electrons. The number of aliphatic hydroxyl groups excluding tert-OH is 1. The number of rotatable bonds is 15. The molecule has 0 bridgehead atoms. The lowest BCUT2D eigenvalue weighted by Gasteiger charge is -2.36. The fraction of sp³-hybridized carbons (Fsp3) is 0.529. The number of nitrogens with two attached hydrogens (primary N) is 1. The Hall–Kier alpha value is -3.96. The van der Waals surface area contributed by atoms with Crippen LogP contribution in [0.3, 0.4) is 0 Å². The molecule has 0 aromatic heterocycles. The molecule has 45 heavy (non-hydrogen) atoms. The molecule has 4 unspecified atom stereocenters. The van der Waals surface area contributed by atoms with Crippen molar-refractivity contribution < 1.29 is 29.0 Å². The molecule has 1 aliphatic rings. The van der Waals surface area contributed by atoms with E-state index in [0.717, 1.165) is 24.0 Å². The molecule has 5 atom stereocenters. The maximum absolute atomic E-state index is 13.9. The number of benzene rings is 2. The molecule has 0 aliphatic carbocycles. The Morgan fingerprint density at radius 2 is 1.47 bits per heavy atom. The van der Waals surface area contributed by atoms with Gasteiger partial charge in [0.05, 0.1) is 12.1 Å². The number of ether oxygens (including phenoxy) is 1. The number of nitrogens with one attached hydrogen (secondary N) is 3. The number of nitrogens with zero attached hydrogens (tertiary/aromatic N) is 1. The van der Waals surface area contributed by atoms with Crippen molar-refractivity contribution >= 4 is 23.8 Å². The minimum atomic E-state index is -1.17. The van der Waals surface area contributed by atoms with Gasteiger partial charge < -0.3 is 36.4 Å². The third kappa shape index (κ3) is 11.2. The molecule has 4 amide bonds. The lowest BCUT2D eigenvalue weighted by atomic mass is 9.88. The summed E-state index contributed by atoms with van der Waals surface area (Å²) in [7, 11) is 1.92. The molecule has 2 aromatic rings. The van der Waals surface area contributed by atoms with Crippen molar-refractivity contribution in [1.82, 2.24) is 20.9 Å². The van der Waals surface area contributed by atoms with Gasteiger partial charge >= 0.3 is 6.09 Å². The molecule has 11 nitrogen and oxygen atoms in total. The second-order valence-corrected chi connectivity index (χ2v) is 12.2. The van der Waals surface area contributed by atoms with Gasteiger partial charge in [0.15, 0.2) is 6.10 Å². The van der Waals surface area contributed by atoms with Crippen LogP contribution < -0.4 is 21.7 Å². The first-order chi connectivity index (χ1) is 21.5. The summed E-state index contributed by atoms with van der Waals surface area (Å²) >= 11 is 0. The monoisotopic (exact) mass is 623 g/mol. The third-order valence-electron chi connectivity index (χ3n) is 8.42. The lowest BCUT2D eigenvalue weighted by Crippen LogP contribution is -2.55. The number of carbonyl (C=O) groups is 4. The number of likely N-dealkylation sites (tertiary alicyclic amines) is 1. The average molecular weight is 624 g/mol. The molecular formula is C34H49N5O6. The van der Waals surface area contributed by atoms with Crippen LogP contribution in [0.25, 0.3) is 0 Å². The van der Waals surface area contributed by atoms with Gasteiger partial charge in [0.2, 0.25) is 11.8 Å². The predicted octanol–water partition coefficient (Wildman–Crippen LogP) is 2.16. The number of carbonyl (C=O) groups excluding carboxylic acids is 4. The smallest absolute Gasteiger partial charge is 0.408 e. The van der Waals surface area contributed by atoms with E-state index in [1.807, 2.05) is 86.5 Å². The van der Waals surface area contributed by atoms with Crippen molar-refractivity contribution in [3.05, 3.63) is 71.8 Å². The van der Waals surface area contributed by atoms with Gasteiger partial charge in [-0.25, -0.2) is 4.79 Å². The summed E-state index contributed by atoms with van der Waals surface area (Å²) in [4.78, 5) is 53.5. The van der Waals surface area contributed by atoms with Gasteiger partial charge in [0, 0.05) is 25.0 Å². The highest BCUT2D eigenvalue weighted by molar-refractivity contribution is 5.89. The highest BCUT2D eigenvalue weighted by Gasteiger charge is 2.35. The van der Waals surface area contributed by atoms with Gasteiger partial charge in [-0.2, -0.15) is 0 Å². The molecule has 1 heterocycles. The summed E-state index contributed by atoms with van der Waals surface area (Å²) in [5.41, 5.74) is 6.99. The molecule has 6 N–H and O–H groups in total. The van der Waals surface area contributed by atoms with Crippen molar-refractivity contribution in [2.24, 2.45) is 17.6 Å². The predicted molar refractivity (Wildman–Crippen MR) is 172 cm³/mol. The van der Waals surface area contributed by atoms with Crippen molar-refractivity contribution in [3.63, 3.8) is 0 Å². The van der Waals surface area contributed by atoms with Crippen LogP contribution in [-0.2, 0) is 32.0 Å². The molecule has 2 aromatic carbocycles. The van der Waals surface area contributed by atoms with Crippen LogP contribution in [0.4, 0.5) is 4.79 Å². The van der Waals surface area contributed by atoms with Crippen LogP contribution >= 0.6 is 0 Å². The van der Waals surface area contributed by atoms with E-state index in [9.17, 15) is 24.3 Å². The Bertz CT molecular complexity index is 1240. The Balaban J connectivity index is 1.81. The molecule has 0 spiro atoms. The fourth-order valence-corrected chi connectivity index (χ4v) is 5.56. The molecule has 246 valence electrons. The third-order valence-corrected chi connectivity index (χ3v) is 8.42. The summed E-state index contributed by atoms with van der Waals surface area (Å²) in [6, 6.07) is 17.6. The highest BCUT2D eigenvalue weighted by Crippen LogP contribution is 2.21. The number of piperidine rings is 1. The zero-order chi connectivity index (χ0) is 32.9. The van der Waals surface area contributed by atoms with Crippen LogP contribution in [0.15, 0.2) is 60.7 Å². The van der Waals surface area contributed by atoms with Gasteiger partial charge in [-0.1, -0.05) is 74.5 Å². The van der Waals surface area contributed by atoms with Crippen LogP contribution in [0, 0.1) is 11.8 Å². The molecule has 1 saturated heterocycles. The number of primary amides is 1. The maximum atomic E-state index is 13.9. The average Bonchev–Trinajstić information content (AvgIpc) is 3.03. The van der Waals surface area contributed by atoms with E-state index in [0.29, 0.717) is 25.6 Å². The molecule has 11 heteroatoms. The van der Waals surface area contributed by atoms with Crippen molar-refractivity contribution in [2.75, 3.05) is 20.1 Å². The summed E-state index contributed by atoms with van der Waals surface area (Å²) in [5.74, 6) is -2.13. The molecule has 1 aliphatic heterocycles. The van der Waals surface area contributed by atoms with Crippen molar-refractivity contribution in [2.45, 2.75) is 83.2 Å². The van der Waals surface area contributed by atoms with Gasteiger partial charge in [-0.15, -0.1) is 0 Å². The van der Waals surface area contributed by atoms with E-state index < -0.39 is 42.2 Å². The second-order valence-electron chi connectivity index (χ2n) is 12.2. The number of hydrogen-bond acceptors (Lipinski definition) is 7. The van der Waals surface area contributed by atoms with Gasteiger partial charge in [-0.05, 0) is 63.1 Å².